The van der Waals surface area contributed by atoms with Gasteiger partial charge in [0.25, 0.3) is 0 Å². The zero-order valence-electron chi connectivity index (χ0n) is 20.8. The molecule has 0 saturated heterocycles. The number of hydrogen-bond donors (Lipinski definition) is 1. The van der Waals surface area contributed by atoms with Gasteiger partial charge in [-0.25, -0.2) is 0 Å². The molecule has 0 spiro atoms. The van der Waals surface area contributed by atoms with Crippen LogP contribution < -0.4 is 10.2 Å². The predicted molar refractivity (Wildman–Crippen MR) is 140 cm³/mol. The third kappa shape index (κ3) is 6.04. The molecule has 0 aliphatic carbocycles. The van der Waals surface area contributed by atoms with E-state index in [4.69, 9.17) is 0 Å². The number of hydrogen-bond acceptors (Lipinski definition) is 3. The largest absolute Gasteiger partial charge is 0.378 e. The first-order valence-corrected chi connectivity index (χ1v) is 11.7. The van der Waals surface area contributed by atoms with E-state index in [9.17, 15) is 9.59 Å². The Morgan fingerprint density at radius 1 is 0.853 bits per heavy atom. The molecule has 0 fully saturated rings. The van der Waals surface area contributed by atoms with Crippen LogP contribution in [-0.2, 0) is 22.6 Å². The van der Waals surface area contributed by atoms with Gasteiger partial charge in [-0.15, -0.1) is 0 Å². The summed E-state index contributed by atoms with van der Waals surface area (Å²) in [6.45, 7) is 6.21. The molecule has 1 N–H and O–H groups in total. The minimum atomic E-state index is -1.02. The summed E-state index contributed by atoms with van der Waals surface area (Å²) in [6.07, 6.45) is 0.730. The molecular formula is C29H35N3O2. The molecule has 3 aromatic carbocycles. The first kappa shape index (κ1) is 25.0. The van der Waals surface area contributed by atoms with Crippen LogP contribution in [0, 0.1) is 6.92 Å². The molecule has 5 heteroatoms. The fraction of sp³-hybridized carbons (Fsp3) is 0.310. The Labute approximate surface area is 203 Å². The Morgan fingerprint density at radius 2 is 1.47 bits per heavy atom. The molecule has 1 atom stereocenters. The highest BCUT2D eigenvalue weighted by Crippen LogP contribution is 2.26. The average molecular weight is 458 g/mol. The molecule has 0 saturated carbocycles. The monoisotopic (exact) mass is 457 g/mol. The lowest BCUT2D eigenvalue weighted by atomic mass is 9.92. The maximum absolute atomic E-state index is 13.6. The summed E-state index contributed by atoms with van der Waals surface area (Å²) in [6, 6.07) is 25.5. The van der Waals surface area contributed by atoms with E-state index >= 15 is 0 Å². The zero-order chi connectivity index (χ0) is 24.7. The SMILES string of the molecule is CCC(C)(C(=O)Nc1ccc(N(C)C)cc1)N(Cc1ccc(C)cc1)C(=O)Cc1ccccc1. The molecule has 0 radical (unpaired) electrons. The lowest BCUT2D eigenvalue weighted by molar-refractivity contribution is -0.145. The first-order chi connectivity index (χ1) is 16.2. The van der Waals surface area contributed by atoms with Crippen molar-refractivity contribution in [3.05, 3.63) is 95.6 Å². The normalized spacial score (nSPS) is 12.5. The number of anilines is 2. The number of amides is 2. The number of aryl methyl sites for hydroxylation is 1. The molecule has 0 heterocycles. The number of nitrogens with zero attached hydrogens (tertiary/aromatic N) is 2. The van der Waals surface area contributed by atoms with E-state index in [2.05, 4.69) is 5.32 Å². The second kappa shape index (κ2) is 11.0. The summed E-state index contributed by atoms with van der Waals surface area (Å²) in [5.41, 5.74) is 3.82. The minimum Gasteiger partial charge on any atom is -0.378 e. The van der Waals surface area contributed by atoms with Crippen molar-refractivity contribution in [3.8, 4) is 0 Å². The molecular weight excluding hydrogens is 422 g/mol. The summed E-state index contributed by atoms with van der Waals surface area (Å²) in [4.78, 5) is 31.0. The van der Waals surface area contributed by atoms with E-state index < -0.39 is 5.54 Å². The molecule has 3 rings (SSSR count). The van der Waals surface area contributed by atoms with Gasteiger partial charge in [0.1, 0.15) is 5.54 Å². The van der Waals surface area contributed by atoms with Gasteiger partial charge in [-0.3, -0.25) is 9.59 Å². The third-order valence-corrected chi connectivity index (χ3v) is 6.38. The summed E-state index contributed by atoms with van der Waals surface area (Å²) >= 11 is 0. The van der Waals surface area contributed by atoms with Crippen LogP contribution in [0.2, 0.25) is 0 Å². The van der Waals surface area contributed by atoms with Crippen LogP contribution in [0.4, 0.5) is 11.4 Å². The zero-order valence-corrected chi connectivity index (χ0v) is 20.8. The molecule has 2 amide bonds. The van der Waals surface area contributed by atoms with Crippen LogP contribution >= 0.6 is 0 Å². The number of carbonyl (C=O) groups excluding carboxylic acids is 2. The third-order valence-electron chi connectivity index (χ3n) is 6.38. The van der Waals surface area contributed by atoms with Crippen molar-refractivity contribution in [1.82, 2.24) is 4.90 Å². The van der Waals surface area contributed by atoms with Crippen molar-refractivity contribution in [2.75, 3.05) is 24.3 Å². The smallest absolute Gasteiger partial charge is 0.250 e. The highest BCUT2D eigenvalue weighted by atomic mass is 16.2. The van der Waals surface area contributed by atoms with E-state index in [-0.39, 0.29) is 18.2 Å². The lowest BCUT2D eigenvalue weighted by Crippen LogP contribution is -2.56. The molecule has 5 nitrogen and oxygen atoms in total. The topological polar surface area (TPSA) is 52.7 Å². The fourth-order valence-corrected chi connectivity index (χ4v) is 3.86. The van der Waals surface area contributed by atoms with Crippen molar-refractivity contribution in [3.63, 3.8) is 0 Å². The van der Waals surface area contributed by atoms with Gasteiger partial charge in [-0.05, 0) is 55.7 Å². The first-order valence-electron chi connectivity index (χ1n) is 11.7. The molecule has 0 bridgehead atoms. The van der Waals surface area contributed by atoms with Gasteiger partial charge in [-0.2, -0.15) is 0 Å². The minimum absolute atomic E-state index is 0.0748. The molecule has 0 aliphatic rings. The molecule has 34 heavy (non-hydrogen) atoms. The van der Waals surface area contributed by atoms with E-state index in [1.54, 1.807) is 4.90 Å². The van der Waals surface area contributed by atoms with E-state index in [1.165, 1.54) is 0 Å². The number of benzene rings is 3. The summed E-state index contributed by atoms with van der Waals surface area (Å²) in [5.74, 6) is -0.268. The molecule has 0 aliphatic heterocycles. The average Bonchev–Trinajstić information content (AvgIpc) is 2.84. The van der Waals surface area contributed by atoms with Crippen LogP contribution in [0.3, 0.4) is 0 Å². The van der Waals surface area contributed by atoms with Crippen LogP contribution in [0.15, 0.2) is 78.9 Å². The lowest BCUT2D eigenvalue weighted by Gasteiger charge is -2.40. The number of carbonyl (C=O) groups is 2. The van der Waals surface area contributed by atoms with Gasteiger partial charge in [0, 0.05) is 32.0 Å². The Balaban J connectivity index is 1.89. The summed E-state index contributed by atoms with van der Waals surface area (Å²) in [7, 11) is 3.95. The second-order valence-electron chi connectivity index (χ2n) is 9.15. The van der Waals surface area contributed by atoms with Crippen molar-refractivity contribution < 1.29 is 9.59 Å². The van der Waals surface area contributed by atoms with Gasteiger partial charge in [0.05, 0.1) is 6.42 Å². The predicted octanol–water partition coefficient (Wildman–Crippen LogP) is 5.44. The standard InChI is InChI=1S/C29H35N3O2/c1-6-29(3,28(34)30-25-16-18-26(19-17-25)31(4)5)32(21-24-14-12-22(2)13-15-24)27(33)20-23-10-8-7-9-11-23/h7-19H,6,20-21H2,1-5H3,(H,30,34). The van der Waals surface area contributed by atoms with Crippen molar-refractivity contribution in [2.45, 2.75) is 45.7 Å². The Kier molecular flexibility index (Phi) is 8.11. The second-order valence-corrected chi connectivity index (χ2v) is 9.15. The van der Waals surface area contributed by atoms with E-state index in [0.717, 1.165) is 22.4 Å². The van der Waals surface area contributed by atoms with Crippen molar-refractivity contribution >= 4 is 23.2 Å². The Morgan fingerprint density at radius 3 is 2.03 bits per heavy atom. The van der Waals surface area contributed by atoms with Crippen molar-refractivity contribution in [1.29, 1.82) is 0 Å². The van der Waals surface area contributed by atoms with Crippen LogP contribution in [0.1, 0.15) is 37.0 Å². The highest BCUT2D eigenvalue weighted by molar-refractivity contribution is 6.00. The number of nitrogens with one attached hydrogen (secondary N) is 1. The maximum atomic E-state index is 13.6. The van der Waals surface area contributed by atoms with Gasteiger partial charge in [-0.1, -0.05) is 67.1 Å². The van der Waals surface area contributed by atoms with Gasteiger partial charge < -0.3 is 15.1 Å². The van der Waals surface area contributed by atoms with Crippen LogP contribution in [0.5, 0.6) is 0 Å². The molecule has 0 aromatic heterocycles. The van der Waals surface area contributed by atoms with Crippen molar-refractivity contribution in [2.24, 2.45) is 0 Å². The fourth-order valence-electron chi connectivity index (χ4n) is 3.86. The van der Waals surface area contributed by atoms with E-state index in [0.29, 0.717) is 18.7 Å². The number of rotatable bonds is 9. The molecule has 3 aromatic rings. The highest BCUT2D eigenvalue weighted by Gasteiger charge is 2.40. The summed E-state index contributed by atoms with van der Waals surface area (Å²) < 4.78 is 0. The Bertz CT molecular complexity index is 1090. The van der Waals surface area contributed by atoms with E-state index in [1.807, 2.05) is 119 Å². The maximum Gasteiger partial charge on any atom is 0.250 e. The van der Waals surface area contributed by atoms with Gasteiger partial charge in [0.15, 0.2) is 0 Å². The Hall–Kier alpha value is -3.60. The van der Waals surface area contributed by atoms with Crippen LogP contribution in [-0.4, -0.2) is 36.3 Å². The molecule has 178 valence electrons. The van der Waals surface area contributed by atoms with Gasteiger partial charge >= 0.3 is 0 Å². The molecule has 1 unspecified atom stereocenters. The summed E-state index contributed by atoms with van der Waals surface area (Å²) in [5, 5.41) is 3.04. The van der Waals surface area contributed by atoms with Gasteiger partial charge in [0.2, 0.25) is 11.8 Å². The van der Waals surface area contributed by atoms with Crippen LogP contribution in [0.25, 0.3) is 0 Å². The quantitative estimate of drug-likeness (QED) is 0.466.